The minimum atomic E-state index is -4.76. The number of carbonyl (C=O) groups is 1. The first-order valence-electron chi connectivity index (χ1n) is 10.1. The first kappa shape index (κ1) is 24.1. The van der Waals surface area contributed by atoms with E-state index in [0.717, 1.165) is 37.8 Å². The highest BCUT2D eigenvalue weighted by Gasteiger charge is 2.34. The number of rotatable bonds is 7. The molecule has 0 fully saturated rings. The topological polar surface area (TPSA) is 72.3 Å². The van der Waals surface area contributed by atoms with E-state index in [9.17, 15) is 22.4 Å². The van der Waals surface area contributed by atoms with Crippen LogP contribution in [0.25, 0.3) is 20.8 Å². The number of hydrogen-bond donors (Lipinski definition) is 1. The number of fused-ring (bicyclic) bond motifs is 1. The third-order valence-electron chi connectivity index (χ3n) is 5.04. The molecule has 5 nitrogen and oxygen atoms in total. The summed E-state index contributed by atoms with van der Waals surface area (Å²) in [6.45, 7) is 3.83. The fourth-order valence-electron chi connectivity index (χ4n) is 3.33. The smallest absolute Gasteiger partial charge is 0.419 e. The molecule has 0 unspecified atom stereocenters. The Morgan fingerprint density at radius 2 is 1.88 bits per heavy atom. The first-order valence-corrected chi connectivity index (χ1v) is 11.7. The van der Waals surface area contributed by atoms with Crippen LogP contribution in [0.2, 0.25) is 0 Å². The highest BCUT2D eigenvalue weighted by atomic mass is 32.1. The van der Waals surface area contributed by atoms with Gasteiger partial charge in [0.1, 0.15) is 23.2 Å². The quantitative estimate of drug-likeness (QED) is 0.277. The number of halogens is 4. The average Bonchev–Trinajstić information content (AvgIpc) is 3.33. The van der Waals surface area contributed by atoms with Crippen LogP contribution in [0.5, 0.6) is 5.75 Å². The van der Waals surface area contributed by atoms with E-state index in [-0.39, 0.29) is 18.6 Å². The molecule has 0 aliphatic rings. The van der Waals surface area contributed by atoms with E-state index in [1.807, 2.05) is 19.1 Å². The second kappa shape index (κ2) is 9.30. The van der Waals surface area contributed by atoms with Crippen LogP contribution in [-0.2, 0) is 24.0 Å². The molecule has 2 heterocycles. The van der Waals surface area contributed by atoms with E-state index in [1.165, 1.54) is 28.7 Å². The van der Waals surface area contributed by atoms with Gasteiger partial charge in [-0.25, -0.2) is 14.4 Å². The van der Waals surface area contributed by atoms with Crippen molar-refractivity contribution in [1.82, 2.24) is 9.97 Å². The third-order valence-corrected chi connectivity index (χ3v) is 7.28. The maximum absolute atomic E-state index is 14.0. The van der Waals surface area contributed by atoms with Gasteiger partial charge in [-0.1, -0.05) is 6.07 Å². The maximum atomic E-state index is 14.0. The van der Waals surface area contributed by atoms with Crippen LogP contribution in [0.3, 0.4) is 0 Å². The molecule has 0 spiro atoms. The van der Waals surface area contributed by atoms with Crippen LogP contribution in [0.1, 0.15) is 33.1 Å². The molecule has 178 valence electrons. The summed E-state index contributed by atoms with van der Waals surface area (Å²) in [6.07, 6.45) is -4.38. The lowest BCUT2D eigenvalue weighted by molar-refractivity contribution is -0.140. The number of aryl methyl sites for hydroxylation is 3. The van der Waals surface area contributed by atoms with Gasteiger partial charge in [-0.05, 0) is 43.7 Å². The molecule has 34 heavy (non-hydrogen) atoms. The number of carboxylic acids is 1. The number of aliphatic carboxylic acids is 1. The minimum Gasteiger partial charge on any atom is -0.488 e. The van der Waals surface area contributed by atoms with Gasteiger partial charge in [0.15, 0.2) is 0 Å². The van der Waals surface area contributed by atoms with Gasteiger partial charge in [0.05, 0.1) is 37.8 Å². The molecule has 0 aliphatic carbocycles. The number of carboxylic acid groups (broad SMARTS) is 1. The molecule has 0 amide bonds. The number of aromatic nitrogens is 2. The Morgan fingerprint density at radius 3 is 2.56 bits per heavy atom. The Labute approximate surface area is 199 Å². The molecule has 0 atom stereocenters. The Hall–Kier alpha value is -3.05. The van der Waals surface area contributed by atoms with Crippen molar-refractivity contribution in [3.63, 3.8) is 0 Å². The van der Waals surface area contributed by atoms with E-state index >= 15 is 0 Å². The predicted molar refractivity (Wildman–Crippen MR) is 122 cm³/mol. The van der Waals surface area contributed by atoms with Crippen molar-refractivity contribution in [1.29, 1.82) is 0 Å². The largest absolute Gasteiger partial charge is 0.488 e. The number of alkyl halides is 3. The number of thiazole rings is 2. The van der Waals surface area contributed by atoms with Gasteiger partial charge in [0.25, 0.3) is 0 Å². The SMILES string of the molecule is Cc1nc(-c2ccc(C(F)(F)F)c(F)c2)sc1COc1cc(C)c2nc(CCC(=O)O)sc2c1. The summed E-state index contributed by atoms with van der Waals surface area (Å²) in [4.78, 5) is 20.5. The normalized spacial score (nSPS) is 11.8. The lowest BCUT2D eigenvalue weighted by Crippen LogP contribution is -2.07. The van der Waals surface area contributed by atoms with Crippen molar-refractivity contribution in [3.05, 3.63) is 62.9 Å². The Bertz CT molecular complexity index is 1380. The Morgan fingerprint density at radius 1 is 1.12 bits per heavy atom. The highest BCUT2D eigenvalue weighted by molar-refractivity contribution is 7.18. The summed E-state index contributed by atoms with van der Waals surface area (Å²) >= 11 is 2.64. The zero-order chi connectivity index (χ0) is 24.6. The zero-order valence-corrected chi connectivity index (χ0v) is 19.6. The summed E-state index contributed by atoms with van der Waals surface area (Å²) in [6, 6.07) is 6.44. The number of nitrogens with zero attached hydrogens (tertiary/aromatic N) is 2. The molecule has 1 N–H and O–H groups in total. The minimum absolute atomic E-state index is 0.0120. The van der Waals surface area contributed by atoms with E-state index in [1.54, 1.807) is 6.92 Å². The average molecular weight is 511 g/mol. The molecule has 0 bridgehead atoms. The Kier molecular flexibility index (Phi) is 6.59. The molecule has 0 saturated heterocycles. The fraction of sp³-hybridized carbons (Fsp3) is 0.261. The maximum Gasteiger partial charge on any atom is 0.419 e. The molecule has 0 aliphatic heterocycles. The number of hydrogen-bond acceptors (Lipinski definition) is 6. The van der Waals surface area contributed by atoms with Crippen LogP contribution in [0, 0.1) is 19.7 Å². The lowest BCUT2D eigenvalue weighted by atomic mass is 10.1. The molecule has 11 heteroatoms. The lowest BCUT2D eigenvalue weighted by Gasteiger charge is -2.08. The summed E-state index contributed by atoms with van der Waals surface area (Å²) in [5, 5.41) is 10.0. The van der Waals surface area contributed by atoms with Gasteiger partial charge in [-0.2, -0.15) is 13.2 Å². The van der Waals surface area contributed by atoms with E-state index in [0.29, 0.717) is 22.9 Å². The van der Waals surface area contributed by atoms with Crippen LogP contribution >= 0.6 is 22.7 Å². The molecule has 0 radical (unpaired) electrons. The van der Waals surface area contributed by atoms with Crippen LogP contribution < -0.4 is 4.74 Å². The second-order valence-electron chi connectivity index (χ2n) is 7.60. The molecule has 2 aromatic heterocycles. The van der Waals surface area contributed by atoms with Gasteiger partial charge < -0.3 is 9.84 Å². The first-order chi connectivity index (χ1) is 16.0. The zero-order valence-electron chi connectivity index (χ0n) is 18.0. The molecular weight excluding hydrogens is 492 g/mol. The van der Waals surface area contributed by atoms with Crippen molar-refractivity contribution in [2.24, 2.45) is 0 Å². The standard InChI is InChI=1S/C23H18F4N2O3S2/c1-11-7-14(9-17-21(11)29-19(33-17)5-6-20(30)31)32-10-18-12(2)28-22(34-18)13-3-4-15(16(24)8-13)23(25,26)27/h3-4,7-9H,5-6,10H2,1-2H3,(H,30,31). The summed E-state index contributed by atoms with van der Waals surface area (Å²) in [5.74, 6) is -1.61. The van der Waals surface area contributed by atoms with Crippen molar-refractivity contribution < 1.29 is 32.2 Å². The Balaban J connectivity index is 1.51. The van der Waals surface area contributed by atoms with Gasteiger partial charge in [0, 0.05) is 12.0 Å². The van der Waals surface area contributed by atoms with Crippen molar-refractivity contribution >= 4 is 38.9 Å². The van der Waals surface area contributed by atoms with Gasteiger partial charge in [-0.15, -0.1) is 22.7 Å². The van der Waals surface area contributed by atoms with Crippen molar-refractivity contribution in [2.45, 2.75) is 39.5 Å². The van der Waals surface area contributed by atoms with Crippen molar-refractivity contribution in [3.8, 4) is 16.3 Å². The molecular formula is C23H18F4N2O3S2. The van der Waals surface area contributed by atoms with Crippen LogP contribution in [0.15, 0.2) is 30.3 Å². The van der Waals surface area contributed by atoms with Crippen LogP contribution in [0.4, 0.5) is 17.6 Å². The third kappa shape index (κ3) is 5.20. The molecule has 2 aromatic carbocycles. The summed E-state index contributed by atoms with van der Waals surface area (Å²) < 4.78 is 59.2. The molecule has 4 rings (SSSR count). The van der Waals surface area contributed by atoms with Crippen molar-refractivity contribution in [2.75, 3.05) is 0 Å². The van der Waals surface area contributed by atoms with E-state index < -0.39 is 23.5 Å². The number of benzene rings is 2. The van der Waals surface area contributed by atoms with E-state index in [2.05, 4.69) is 9.97 Å². The number of ether oxygens (including phenoxy) is 1. The van der Waals surface area contributed by atoms with Gasteiger partial charge in [0.2, 0.25) is 0 Å². The molecule has 0 saturated carbocycles. The highest BCUT2D eigenvalue weighted by Crippen LogP contribution is 2.36. The van der Waals surface area contributed by atoms with Gasteiger partial charge in [-0.3, -0.25) is 4.79 Å². The predicted octanol–water partition coefficient (Wildman–Crippen LogP) is 6.79. The van der Waals surface area contributed by atoms with E-state index in [4.69, 9.17) is 9.84 Å². The summed E-state index contributed by atoms with van der Waals surface area (Å²) in [5.41, 5.74) is 1.30. The summed E-state index contributed by atoms with van der Waals surface area (Å²) in [7, 11) is 0. The monoisotopic (exact) mass is 510 g/mol. The molecule has 4 aromatic rings. The fourth-order valence-corrected chi connectivity index (χ4v) is 5.37. The van der Waals surface area contributed by atoms with Gasteiger partial charge >= 0.3 is 12.1 Å². The second-order valence-corrected chi connectivity index (χ2v) is 9.80. The van der Waals surface area contributed by atoms with Crippen LogP contribution in [-0.4, -0.2) is 21.0 Å².